The van der Waals surface area contributed by atoms with Crippen LogP contribution in [-0.2, 0) is 9.59 Å². The molecule has 0 bridgehead atoms. The number of rotatable bonds is 5. The summed E-state index contributed by atoms with van der Waals surface area (Å²) in [5, 5.41) is 29.4. The minimum absolute atomic E-state index is 0.129. The van der Waals surface area contributed by atoms with Gasteiger partial charge in [0.2, 0.25) is 0 Å². The van der Waals surface area contributed by atoms with Crippen LogP contribution in [0.25, 0.3) is 0 Å². The van der Waals surface area contributed by atoms with Gasteiger partial charge in [0, 0.05) is 13.0 Å². The van der Waals surface area contributed by atoms with Crippen LogP contribution in [0.1, 0.15) is 26.2 Å². The number of hydrogen-bond donors (Lipinski definition) is 4. The molecule has 2 atom stereocenters. The standard InChI is InChI=1S/C11H18N2O6/c1-11(19)4-5-13(6-11)10(18)12-7(9(16)17)2-3-8(14)15/h7,19H,2-6H2,1H3,(H,12,18)(H,14,15)(H,16,17)/t7-,11?/m0/s1. The zero-order valence-corrected chi connectivity index (χ0v) is 10.6. The number of carboxylic acid groups (broad SMARTS) is 2. The van der Waals surface area contributed by atoms with Crippen molar-refractivity contribution in [3.05, 3.63) is 0 Å². The van der Waals surface area contributed by atoms with Crippen molar-refractivity contribution in [3.63, 3.8) is 0 Å². The van der Waals surface area contributed by atoms with Crippen molar-refractivity contribution in [1.29, 1.82) is 0 Å². The highest BCUT2D eigenvalue weighted by molar-refractivity contribution is 5.83. The third-order valence-corrected chi connectivity index (χ3v) is 2.98. The van der Waals surface area contributed by atoms with Gasteiger partial charge in [0.15, 0.2) is 0 Å². The van der Waals surface area contributed by atoms with E-state index >= 15 is 0 Å². The monoisotopic (exact) mass is 274 g/mol. The fourth-order valence-corrected chi connectivity index (χ4v) is 1.88. The van der Waals surface area contributed by atoms with E-state index in [1.807, 2.05) is 0 Å². The molecule has 1 aliphatic rings. The average molecular weight is 274 g/mol. The van der Waals surface area contributed by atoms with Gasteiger partial charge in [-0.05, 0) is 19.8 Å². The third-order valence-electron chi connectivity index (χ3n) is 2.98. The van der Waals surface area contributed by atoms with E-state index in [1.165, 1.54) is 4.90 Å². The van der Waals surface area contributed by atoms with E-state index in [1.54, 1.807) is 6.92 Å². The first-order valence-corrected chi connectivity index (χ1v) is 5.94. The van der Waals surface area contributed by atoms with Crippen LogP contribution in [0.3, 0.4) is 0 Å². The number of carboxylic acids is 2. The van der Waals surface area contributed by atoms with Crippen LogP contribution >= 0.6 is 0 Å². The Balaban J connectivity index is 2.52. The first-order chi connectivity index (χ1) is 8.71. The molecule has 4 N–H and O–H groups in total. The molecule has 1 fully saturated rings. The summed E-state index contributed by atoms with van der Waals surface area (Å²) in [5.74, 6) is -2.40. The maximum atomic E-state index is 11.8. The Hall–Kier alpha value is -1.83. The number of nitrogens with one attached hydrogen (secondary N) is 1. The first kappa shape index (κ1) is 15.2. The Morgan fingerprint density at radius 1 is 1.37 bits per heavy atom. The third kappa shape index (κ3) is 4.74. The number of amides is 2. The van der Waals surface area contributed by atoms with E-state index in [4.69, 9.17) is 10.2 Å². The van der Waals surface area contributed by atoms with Crippen LogP contribution in [0.5, 0.6) is 0 Å². The Bertz CT molecular complexity index is 381. The van der Waals surface area contributed by atoms with E-state index in [0.29, 0.717) is 13.0 Å². The van der Waals surface area contributed by atoms with E-state index < -0.39 is 29.6 Å². The minimum atomic E-state index is -1.28. The highest BCUT2D eigenvalue weighted by Crippen LogP contribution is 2.20. The molecule has 1 heterocycles. The Morgan fingerprint density at radius 3 is 2.42 bits per heavy atom. The van der Waals surface area contributed by atoms with Crippen molar-refractivity contribution in [2.75, 3.05) is 13.1 Å². The van der Waals surface area contributed by atoms with Crippen molar-refractivity contribution in [1.82, 2.24) is 10.2 Å². The summed E-state index contributed by atoms with van der Waals surface area (Å²) >= 11 is 0. The molecule has 108 valence electrons. The maximum Gasteiger partial charge on any atom is 0.326 e. The number of likely N-dealkylation sites (tertiary alicyclic amines) is 1. The number of β-amino-alcohol motifs (C(OH)–C–C–N with tert-alkyl or cyclic N) is 1. The Labute approximate surface area is 110 Å². The largest absolute Gasteiger partial charge is 0.481 e. The fraction of sp³-hybridized carbons (Fsp3) is 0.727. The highest BCUT2D eigenvalue weighted by Gasteiger charge is 2.35. The number of aliphatic carboxylic acids is 2. The summed E-state index contributed by atoms with van der Waals surface area (Å²) in [6, 6.07) is -1.84. The molecule has 0 aromatic rings. The molecule has 1 saturated heterocycles. The summed E-state index contributed by atoms with van der Waals surface area (Å²) in [4.78, 5) is 34.4. The lowest BCUT2D eigenvalue weighted by atomic mass is 10.1. The second-order valence-electron chi connectivity index (χ2n) is 4.94. The van der Waals surface area contributed by atoms with Crippen molar-refractivity contribution in [2.45, 2.75) is 37.8 Å². The molecule has 1 rings (SSSR count). The van der Waals surface area contributed by atoms with Gasteiger partial charge in [-0.2, -0.15) is 0 Å². The summed E-state index contributed by atoms with van der Waals surface area (Å²) < 4.78 is 0. The van der Waals surface area contributed by atoms with Crippen LogP contribution < -0.4 is 5.32 Å². The summed E-state index contributed by atoms with van der Waals surface area (Å²) in [6.07, 6.45) is -0.0944. The number of aliphatic hydroxyl groups is 1. The van der Waals surface area contributed by atoms with Gasteiger partial charge in [0.1, 0.15) is 6.04 Å². The topological polar surface area (TPSA) is 127 Å². The normalized spacial score (nSPS) is 24.0. The molecular weight excluding hydrogens is 256 g/mol. The molecule has 8 heteroatoms. The smallest absolute Gasteiger partial charge is 0.326 e. The number of carbonyl (C=O) groups excluding carboxylic acids is 1. The molecule has 0 aliphatic carbocycles. The molecule has 1 aliphatic heterocycles. The summed E-state index contributed by atoms with van der Waals surface area (Å²) in [7, 11) is 0. The maximum absolute atomic E-state index is 11.8. The Morgan fingerprint density at radius 2 is 2.00 bits per heavy atom. The Kier molecular flexibility index (Phi) is 4.71. The lowest BCUT2D eigenvalue weighted by Crippen LogP contribution is -2.48. The lowest BCUT2D eigenvalue weighted by molar-refractivity contribution is -0.140. The number of urea groups is 1. The van der Waals surface area contributed by atoms with E-state index in [-0.39, 0.29) is 19.4 Å². The average Bonchev–Trinajstić information content (AvgIpc) is 2.64. The van der Waals surface area contributed by atoms with E-state index in [0.717, 1.165) is 0 Å². The number of nitrogens with zero attached hydrogens (tertiary/aromatic N) is 1. The van der Waals surface area contributed by atoms with Gasteiger partial charge >= 0.3 is 18.0 Å². The van der Waals surface area contributed by atoms with Crippen LogP contribution in [0, 0.1) is 0 Å². The number of carbonyl (C=O) groups is 3. The highest BCUT2D eigenvalue weighted by atomic mass is 16.4. The molecule has 0 spiro atoms. The van der Waals surface area contributed by atoms with Crippen LogP contribution in [0.4, 0.5) is 4.79 Å². The molecule has 8 nitrogen and oxygen atoms in total. The lowest BCUT2D eigenvalue weighted by Gasteiger charge is -2.22. The molecule has 2 amide bonds. The van der Waals surface area contributed by atoms with Crippen molar-refractivity contribution >= 4 is 18.0 Å². The predicted molar refractivity (Wildman–Crippen MR) is 63.6 cm³/mol. The van der Waals surface area contributed by atoms with E-state index in [2.05, 4.69) is 5.32 Å². The zero-order chi connectivity index (χ0) is 14.6. The molecule has 0 aromatic carbocycles. The first-order valence-electron chi connectivity index (χ1n) is 5.94. The van der Waals surface area contributed by atoms with Crippen LogP contribution in [0.15, 0.2) is 0 Å². The van der Waals surface area contributed by atoms with Crippen LogP contribution in [0.2, 0.25) is 0 Å². The van der Waals surface area contributed by atoms with Gasteiger partial charge in [0.25, 0.3) is 0 Å². The molecule has 1 unspecified atom stereocenters. The second-order valence-corrected chi connectivity index (χ2v) is 4.94. The fourth-order valence-electron chi connectivity index (χ4n) is 1.88. The molecule has 0 aromatic heterocycles. The quantitative estimate of drug-likeness (QED) is 0.533. The SMILES string of the molecule is CC1(O)CCN(C(=O)N[C@@H](CCC(=O)O)C(=O)O)C1. The van der Waals surface area contributed by atoms with E-state index in [9.17, 15) is 19.5 Å². The minimum Gasteiger partial charge on any atom is -0.481 e. The predicted octanol–water partition coefficient (Wildman–Crippen LogP) is -0.529. The summed E-state index contributed by atoms with van der Waals surface area (Å²) in [6.45, 7) is 2.06. The van der Waals surface area contributed by atoms with Crippen molar-refractivity contribution in [2.24, 2.45) is 0 Å². The zero-order valence-electron chi connectivity index (χ0n) is 10.6. The van der Waals surface area contributed by atoms with Gasteiger partial charge in [-0.3, -0.25) is 4.79 Å². The van der Waals surface area contributed by atoms with Gasteiger partial charge in [-0.25, -0.2) is 9.59 Å². The molecule has 0 saturated carbocycles. The second kappa shape index (κ2) is 5.87. The van der Waals surface area contributed by atoms with Crippen LogP contribution in [-0.4, -0.2) is 62.9 Å². The van der Waals surface area contributed by atoms with Gasteiger partial charge < -0.3 is 25.5 Å². The van der Waals surface area contributed by atoms with Gasteiger partial charge in [-0.1, -0.05) is 0 Å². The molecular formula is C11H18N2O6. The molecule has 19 heavy (non-hydrogen) atoms. The van der Waals surface area contributed by atoms with Gasteiger partial charge in [-0.15, -0.1) is 0 Å². The number of hydrogen-bond acceptors (Lipinski definition) is 4. The van der Waals surface area contributed by atoms with Gasteiger partial charge in [0.05, 0.1) is 12.1 Å². The van der Waals surface area contributed by atoms with Crippen molar-refractivity contribution < 1.29 is 29.7 Å². The summed E-state index contributed by atoms with van der Waals surface area (Å²) in [5.41, 5.74) is -0.961. The molecule has 0 radical (unpaired) electrons. The van der Waals surface area contributed by atoms with Crippen molar-refractivity contribution in [3.8, 4) is 0 Å².